The number of benzene rings is 3. The molecule has 0 fully saturated rings. The third-order valence-electron chi connectivity index (χ3n) is 4.55. The van der Waals surface area contributed by atoms with Crippen LogP contribution < -0.4 is 0 Å². The summed E-state index contributed by atoms with van der Waals surface area (Å²) in [5.41, 5.74) is 4.92. The lowest BCUT2D eigenvalue weighted by atomic mass is 10.0. The monoisotopic (exact) mass is 370 g/mol. The predicted molar refractivity (Wildman–Crippen MR) is 111 cm³/mol. The molecule has 28 heavy (non-hydrogen) atoms. The van der Waals surface area contributed by atoms with Crippen LogP contribution in [0, 0.1) is 5.82 Å². The highest BCUT2D eigenvalue weighted by Gasteiger charge is 2.16. The lowest BCUT2D eigenvalue weighted by molar-refractivity contribution is 0.343. The Balaban J connectivity index is 1.81. The van der Waals surface area contributed by atoms with E-state index in [1.54, 1.807) is 41.2 Å². The zero-order chi connectivity index (χ0) is 19.3. The Kier molecular flexibility index (Phi) is 5.13. The van der Waals surface area contributed by atoms with Crippen molar-refractivity contribution in [3.05, 3.63) is 103 Å². The molecule has 1 heterocycles. The summed E-state index contributed by atoms with van der Waals surface area (Å²) in [6, 6.07) is 24.8. The normalized spacial score (nSPS) is 11.2. The van der Waals surface area contributed by atoms with E-state index in [0.717, 1.165) is 22.4 Å². The van der Waals surface area contributed by atoms with E-state index in [1.807, 2.05) is 42.5 Å². The molecule has 1 aromatic heterocycles. The van der Waals surface area contributed by atoms with Crippen LogP contribution in [0.1, 0.15) is 5.56 Å². The largest absolute Gasteiger partial charge is 0.392 e. The molecule has 0 aliphatic rings. The molecule has 0 saturated heterocycles. The minimum Gasteiger partial charge on any atom is -0.392 e. The molecule has 0 atom stereocenters. The van der Waals surface area contributed by atoms with Crippen molar-refractivity contribution in [2.24, 2.45) is 0 Å². The Morgan fingerprint density at radius 1 is 0.857 bits per heavy atom. The molecule has 138 valence electrons. The van der Waals surface area contributed by atoms with E-state index in [1.165, 1.54) is 6.07 Å². The first-order chi connectivity index (χ1) is 13.8. The third kappa shape index (κ3) is 3.50. The van der Waals surface area contributed by atoms with Crippen molar-refractivity contribution >= 4 is 6.08 Å². The molecule has 4 rings (SSSR count). The van der Waals surface area contributed by atoms with Gasteiger partial charge >= 0.3 is 0 Å². The van der Waals surface area contributed by atoms with E-state index in [2.05, 4.69) is 17.2 Å². The fourth-order valence-corrected chi connectivity index (χ4v) is 3.21. The number of rotatable bonds is 5. The summed E-state index contributed by atoms with van der Waals surface area (Å²) >= 11 is 0. The Morgan fingerprint density at radius 3 is 2.25 bits per heavy atom. The smallest absolute Gasteiger partial charge is 0.132 e. The van der Waals surface area contributed by atoms with Gasteiger partial charge in [0.2, 0.25) is 0 Å². The average Bonchev–Trinajstić information content (AvgIpc) is 3.17. The van der Waals surface area contributed by atoms with Crippen LogP contribution in [-0.4, -0.2) is 21.5 Å². The van der Waals surface area contributed by atoms with Crippen LogP contribution in [0.3, 0.4) is 0 Å². The number of aliphatic hydroxyl groups excluding tert-OH is 1. The number of halogens is 1. The highest BCUT2D eigenvalue weighted by atomic mass is 19.1. The molecule has 0 saturated carbocycles. The van der Waals surface area contributed by atoms with Gasteiger partial charge in [0.25, 0.3) is 0 Å². The fourth-order valence-electron chi connectivity index (χ4n) is 3.21. The SMILES string of the molecule is OCC=Cc1cnn(-c2ccc(-c3ccccc3)cc2)c1-c1ccccc1F. The maximum absolute atomic E-state index is 14.5. The molecule has 3 nitrogen and oxygen atoms in total. The summed E-state index contributed by atoms with van der Waals surface area (Å²) in [7, 11) is 0. The van der Waals surface area contributed by atoms with Crippen molar-refractivity contribution in [1.29, 1.82) is 0 Å². The van der Waals surface area contributed by atoms with Crippen molar-refractivity contribution in [2.45, 2.75) is 0 Å². The zero-order valence-corrected chi connectivity index (χ0v) is 15.2. The van der Waals surface area contributed by atoms with Crippen LogP contribution in [0.25, 0.3) is 34.1 Å². The molecule has 1 N–H and O–H groups in total. The Morgan fingerprint density at radius 2 is 1.54 bits per heavy atom. The number of aliphatic hydroxyl groups is 1. The maximum Gasteiger partial charge on any atom is 0.132 e. The van der Waals surface area contributed by atoms with Crippen molar-refractivity contribution in [2.75, 3.05) is 6.61 Å². The first kappa shape index (κ1) is 17.9. The summed E-state index contributed by atoms with van der Waals surface area (Å²) in [6.45, 7) is -0.0896. The second-order valence-corrected chi connectivity index (χ2v) is 6.34. The van der Waals surface area contributed by atoms with Crippen LogP contribution >= 0.6 is 0 Å². The second kappa shape index (κ2) is 8.03. The molecule has 0 unspecified atom stereocenters. The first-order valence-corrected chi connectivity index (χ1v) is 9.04. The summed E-state index contributed by atoms with van der Waals surface area (Å²) in [6.07, 6.45) is 5.05. The molecule has 0 spiro atoms. The average molecular weight is 370 g/mol. The summed E-state index contributed by atoms with van der Waals surface area (Å²) < 4.78 is 16.2. The summed E-state index contributed by atoms with van der Waals surface area (Å²) in [4.78, 5) is 0. The Hall–Kier alpha value is -3.50. The summed E-state index contributed by atoms with van der Waals surface area (Å²) in [5, 5.41) is 13.6. The minimum atomic E-state index is -0.316. The Labute approximate surface area is 163 Å². The van der Waals surface area contributed by atoms with Gasteiger partial charge in [0.05, 0.1) is 24.2 Å². The van der Waals surface area contributed by atoms with Crippen LogP contribution in [0.4, 0.5) is 4.39 Å². The minimum absolute atomic E-state index is 0.0896. The van der Waals surface area contributed by atoms with Gasteiger partial charge in [-0.3, -0.25) is 0 Å². The zero-order valence-electron chi connectivity index (χ0n) is 15.2. The van der Waals surface area contributed by atoms with Gasteiger partial charge in [-0.2, -0.15) is 5.10 Å². The highest BCUT2D eigenvalue weighted by Crippen LogP contribution is 2.30. The van der Waals surface area contributed by atoms with E-state index in [9.17, 15) is 4.39 Å². The van der Waals surface area contributed by atoms with Crippen LogP contribution in [0.15, 0.2) is 91.1 Å². The molecule has 3 aromatic carbocycles. The molecule has 0 radical (unpaired) electrons. The van der Waals surface area contributed by atoms with E-state index >= 15 is 0 Å². The number of aromatic nitrogens is 2. The molecule has 4 aromatic rings. The maximum atomic E-state index is 14.5. The first-order valence-electron chi connectivity index (χ1n) is 9.04. The van der Waals surface area contributed by atoms with Gasteiger partial charge in [-0.1, -0.05) is 66.7 Å². The topological polar surface area (TPSA) is 38.1 Å². The van der Waals surface area contributed by atoms with Crippen molar-refractivity contribution < 1.29 is 9.50 Å². The quantitative estimate of drug-likeness (QED) is 0.514. The lowest BCUT2D eigenvalue weighted by Crippen LogP contribution is -2.00. The van der Waals surface area contributed by atoms with E-state index in [-0.39, 0.29) is 12.4 Å². The van der Waals surface area contributed by atoms with Gasteiger partial charge in [-0.25, -0.2) is 9.07 Å². The van der Waals surface area contributed by atoms with Gasteiger partial charge < -0.3 is 5.11 Å². The predicted octanol–water partition coefficient (Wildman–Crippen LogP) is 5.35. The van der Waals surface area contributed by atoms with Gasteiger partial charge in [-0.15, -0.1) is 0 Å². The number of hydrogen-bond donors (Lipinski definition) is 1. The van der Waals surface area contributed by atoms with Gasteiger partial charge in [0.1, 0.15) is 5.82 Å². The molecular weight excluding hydrogens is 351 g/mol. The van der Waals surface area contributed by atoms with Gasteiger partial charge in [0, 0.05) is 11.1 Å². The van der Waals surface area contributed by atoms with Crippen molar-refractivity contribution in [3.8, 4) is 28.1 Å². The van der Waals surface area contributed by atoms with Crippen LogP contribution in [0.5, 0.6) is 0 Å². The molecule has 0 amide bonds. The molecule has 4 heteroatoms. The molecule has 0 aliphatic heterocycles. The highest BCUT2D eigenvalue weighted by molar-refractivity contribution is 5.74. The second-order valence-electron chi connectivity index (χ2n) is 6.34. The number of nitrogens with zero attached hydrogens (tertiary/aromatic N) is 2. The van der Waals surface area contributed by atoms with E-state index in [0.29, 0.717) is 11.3 Å². The summed E-state index contributed by atoms with van der Waals surface area (Å²) in [5.74, 6) is -0.316. The fraction of sp³-hybridized carbons (Fsp3) is 0.0417. The van der Waals surface area contributed by atoms with Crippen LogP contribution in [-0.2, 0) is 0 Å². The van der Waals surface area contributed by atoms with Gasteiger partial charge in [0.15, 0.2) is 0 Å². The van der Waals surface area contributed by atoms with Gasteiger partial charge in [-0.05, 0) is 35.4 Å². The van der Waals surface area contributed by atoms with E-state index < -0.39 is 0 Å². The van der Waals surface area contributed by atoms with Crippen LogP contribution in [0.2, 0.25) is 0 Å². The lowest BCUT2D eigenvalue weighted by Gasteiger charge is -2.11. The third-order valence-corrected chi connectivity index (χ3v) is 4.55. The van der Waals surface area contributed by atoms with Crippen molar-refractivity contribution in [1.82, 2.24) is 9.78 Å². The van der Waals surface area contributed by atoms with Crippen molar-refractivity contribution in [3.63, 3.8) is 0 Å². The number of hydrogen-bond acceptors (Lipinski definition) is 2. The standard InChI is InChI=1S/C24H19FN2O/c25-23-11-5-4-10-22(23)24-20(9-6-16-28)17-26-27(24)21-14-12-19(13-15-21)18-7-2-1-3-8-18/h1-15,17,28H,16H2. The Bertz CT molecular complexity index is 1100. The molecular formula is C24H19FN2O. The van der Waals surface area contributed by atoms with E-state index in [4.69, 9.17) is 5.11 Å². The molecule has 0 bridgehead atoms. The molecule has 0 aliphatic carbocycles.